The van der Waals surface area contributed by atoms with E-state index >= 15 is 0 Å². The van der Waals surface area contributed by atoms with Gasteiger partial charge >= 0.3 is 6.03 Å². The summed E-state index contributed by atoms with van der Waals surface area (Å²) >= 11 is 0. The van der Waals surface area contributed by atoms with Crippen molar-refractivity contribution in [3.63, 3.8) is 0 Å². The van der Waals surface area contributed by atoms with E-state index < -0.39 is 12.1 Å². The highest BCUT2D eigenvalue weighted by Gasteiger charge is 2.39. The molecule has 1 aromatic rings. The van der Waals surface area contributed by atoms with Crippen LogP contribution in [0.1, 0.15) is 56.9 Å². The number of nitrogens with zero attached hydrogens (tertiary/aromatic N) is 1. The Morgan fingerprint density at radius 2 is 1.82 bits per heavy atom. The van der Waals surface area contributed by atoms with Gasteiger partial charge in [-0.2, -0.15) is 0 Å². The second-order valence-electron chi connectivity index (χ2n) is 7.55. The topological polar surface area (TPSA) is 87.7 Å². The molecule has 1 aromatic carbocycles. The molecule has 0 radical (unpaired) electrons. The summed E-state index contributed by atoms with van der Waals surface area (Å²) in [4.78, 5) is 38.5. The Labute approximate surface area is 165 Å². The third-order valence-electron chi connectivity index (χ3n) is 5.49. The number of carbonyl (C=O) groups is 3. The monoisotopic (exact) mass is 387 g/mol. The van der Waals surface area contributed by atoms with Crippen LogP contribution in [0.15, 0.2) is 24.3 Å². The third kappa shape index (κ3) is 5.03. The summed E-state index contributed by atoms with van der Waals surface area (Å²) in [5.41, 5.74) is 0.744. The van der Waals surface area contributed by atoms with Crippen LogP contribution in [0.5, 0.6) is 5.75 Å². The summed E-state index contributed by atoms with van der Waals surface area (Å²) in [6.07, 6.45) is 7.87. The second kappa shape index (κ2) is 9.57. The lowest BCUT2D eigenvalue weighted by atomic mass is 9.96. The number of imide groups is 1. The zero-order chi connectivity index (χ0) is 19.9. The molecule has 1 atom stereocenters. The van der Waals surface area contributed by atoms with Crippen molar-refractivity contribution in [2.24, 2.45) is 0 Å². The van der Waals surface area contributed by atoms with E-state index in [-0.39, 0.29) is 30.8 Å². The van der Waals surface area contributed by atoms with Crippen molar-refractivity contribution in [1.82, 2.24) is 15.5 Å². The van der Waals surface area contributed by atoms with Crippen LogP contribution in [0.3, 0.4) is 0 Å². The summed E-state index contributed by atoms with van der Waals surface area (Å²) in [6, 6.07) is 6.15. The van der Waals surface area contributed by atoms with E-state index in [0.29, 0.717) is 5.75 Å². The number of hydrogen-bond acceptors (Lipinski definition) is 4. The molecule has 0 spiro atoms. The molecule has 0 unspecified atom stereocenters. The lowest BCUT2D eigenvalue weighted by Crippen LogP contribution is -2.40. The molecule has 1 aliphatic carbocycles. The Morgan fingerprint density at radius 1 is 1.14 bits per heavy atom. The van der Waals surface area contributed by atoms with Gasteiger partial charge in [-0.3, -0.25) is 14.5 Å². The van der Waals surface area contributed by atoms with Crippen LogP contribution < -0.4 is 15.4 Å². The average Bonchev–Trinajstić information content (AvgIpc) is 2.91. The number of hydrogen-bond donors (Lipinski definition) is 2. The number of amides is 4. The van der Waals surface area contributed by atoms with Crippen molar-refractivity contribution in [3.8, 4) is 5.75 Å². The molecule has 1 aliphatic heterocycles. The second-order valence-corrected chi connectivity index (χ2v) is 7.55. The molecule has 28 heavy (non-hydrogen) atoms. The third-order valence-corrected chi connectivity index (χ3v) is 5.49. The number of benzene rings is 1. The predicted molar refractivity (Wildman–Crippen MR) is 105 cm³/mol. The summed E-state index contributed by atoms with van der Waals surface area (Å²) in [5.74, 6) is 0.0701. The first kappa shape index (κ1) is 20.2. The van der Waals surface area contributed by atoms with Crippen LogP contribution in [-0.4, -0.2) is 41.9 Å². The molecule has 152 valence electrons. The lowest BCUT2D eigenvalue weighted by Gasteiger charge is -2.21. The molecule has 0 bridgehead atoms. The number of carbonyl (C=O) groups excluding carboxylic acids is 3. The quantitative estimate of drug-likeness (QED) is 0.735. The number of methoxy groups -OCH3 is 1. The summed E-state index contributed by atoms with van der Waals surface area (Å²) in [7, 11) is 1.55. The maximum Gasteiger partial charge on any atom is 0.325 e. The molecule has 2 fully saturated rings. The van der Waals surface area contributed by atoms with Crippen LogP contribution in [0.4, 0.5) is 4.79 Å². The fourth-order valence-corrected chi connectivity index (χ4v) is 3.94. The highest BCUT2D eigenvalue weighted by Crippen LogP contribution is 2.22. The fraction of sp³-hybridized carbons (Fsp3) is 0.571. The number of para-hydroxylation sites is 1. The molecule has 1 saturated heterocycles. The summed E-state index contributed by atoms with van der Waals surface area (Å²) in [5, 5.41) is 5.69. The predicted octanol–water partition coefficient (Wildman–Crippen LogP) is 2.73. The Hall–Kier alpha value is -2.57. The molecule has 7 heteroatoms. The van der Waals surface area contributed by atoms with Crippen molar-refractivity contribution in [1.29, 1.82) is 0 Å². The van der Waals surface area contributed by atoms with Gasteiger partial charge in [-0.05, 0) is 18.9 Å². The zero-order valence-electron chi connectivity index (χ0n) is 16.4. The molecule has 1 saturated carbocycles. The highest BCUT2D eigenvalue weighted by atomic mass is 16.5. The van der Waals surface area contributed by atoms with Crippen LogP contribution in [-0.2, 0) is 16.1 Å². The molecule has 2 N–H and O–H groups in total. The minimum absolute atomic E-state index is 0.0243. The van der Waals surface area contributed by atoms with Crippen molar-refractivity contribution in [2.75, 3.05) is 7.11 Å². The zero-order valence-corrected chi connectivity index (χ0v) is 16.4. The first-order valence-electron chi connectivity index (χ1n) is 10.1. The van der Waals surface area contributed by atoms with Gasteiger partial charge in [-0.1, -0.05) is 50.3 Å². The van der Waals surface area contributed by atoms with Gasteiger partial charge in [0.05, 0.1) is 20.1 Å². The molecule has 2 aliphatic rings. The minimum atomic E-state index is -0.809. The van der Waals surface area contributed by atoms with Crippen LogP contribution >= 0.6 is 0 Å². The molecule has 3 rings (SSSR count). The van der Waals surface area contributed by atoms with Gasteiger partial charge in [0.15, 0.2) is 0 Å². The molecular formula is C21H29N3O4. The largest absolute Gasteiger partial charge is 0.496 e. The van der Waals surface area contributed by atoms with Crippen molar-refractivity contribution in [2.45, 2.75) is 70.0 Å². The first-order chi connectivity index (χ1) is 13.6. The lowest BCUT2D eigenvalue weighted by molar-refractivity contribution is -0.131. The van der Waals surface area contributed by atoms with Crippen molar-refractivity contribution < 1.29 is 19.1 Å². The van der Waals surface area contributed by atoms with Gasteiger partial charge in [-0.25, -0.2) is 4.79 Å². The Kier molecular flexibility index (Phi) is 6.90. The van der Waals surface area contributed by atoms with E-state index in [4.69, 9.17) is 4.74 Å². The molecular weight excluding hydrogens is 358 g/mol. The normalized spacial score (nSPS) is 21.0. The minimum Gasteiger partial charge on any atom is -0.496 e. The summed E-state index contributed by atoms with van der Waals surface area (Å²) < 4.78 is 5.29. The molecule has 1 heterocycles. The van der Waals surface area contributed by atoms with Gasteiger partial charge in [0.1, 0.15) is 11.8 Å². The Bertz CT molecular complexity index is 713. The van der Waals surface area contributed by atoms with Gasteiger partial charge in [-0.15, -0.1) is 0 Å². The van der Waals surface area contributed by atoms with Gasteiger partial charge in [0.25, 0.3) is 5.91 Å². The van der Waals surface area contributed by atoms with Crippen LogP contribution in [0, 0.1) is 0 Å². The summed E-state index contributed by atoms with van der Waals surface area (Å²) in [6.45, 7) is 0.120. The van der Waals surface area contributed by atoms with Crippen molar-refractivity contribution >= 4 is 17.8 Å². The first-order valence-corrected chi connectivity index (χ1v) is 10.1. The van der Waals surface area contributed by atoms with E-state index in [2.05, 4.69) is 10.6 Å². The van der Waals surface area contributed by atoms with Crippen LogP contribution in [0.2, 0.25) is 0 Å². The SMILES string of the molecule is COc1ccccc1CN1C(=O)N[C@@H](CC(=O)NC2CCCCCCC2)C1=O. The maximum absolute atomic E-state index is 12.7. The molecule has 4 amide bonds. The van der Waals surface area contributed by atoms with E-state index in [0.717, 1.165) is 36.1 Å². The van der Waals surface area contributed by atoms with E-state index in [1.165, 1.54) is 19.3 Å². The number of ether oxygens (including phenoxy) is 1. The number of urea groups is 1. The Balaban J connectivity index is 1.56. The van der Waals surface area contributed by atoms with Crippen LogP contribution in [0.25, 0.3) is 0 Å². The number of rotatable bonds is 6. The standard InChI is InChI=1S/C21H29N3O4/c1-28-18-12-8-7-9-15(18)14-24-20(26)17(23-21(24)27)13-19(25)22-16-10-5-3-2-4-6-11-16/h7-9,12,16-17H,2-6,10-11,13-14H2,1H3,(H,22,25)(H,23,27)/t17-/m0/s1. The van der Waals surface area contributed by atoms with Gasteiger partial charge in [0, 0.05) is 11.6 Å². The maximum atomic E-state index is 12.7. The van der Waals surface area contributed by atoms with Crippen molar-refractivity contribution in [3.05, 3.63) is 29.8 Å². The van der Waals surface area contributed by atoms with Gasteiger partial charge < -0.3 is 15.4 Å². The van der Waals surface area contributed by atoms with E-state index in [1.54, 1.807) is 13.2 Å². The van der Waals surface area contributed by atoms with E-state index in [9.17, 15) is 14.4 Å². The molecule has 0 aromatic heterocycles. The Morgan fingerprint density at radius 3 is 2.54 bits per heavy atom. The number of nitrogens with one attached hydrogen (secondary N) is 2. The average molecular weight is 387 g/mol. The molecule has 7 nitrogen and oxygen atoms in total. The smallest absolute Gasteiger partial charge is 0.325 e. The van der Waals surface area contributed by atoms with E-state index in [1.807, 2.05) is 18.2 Å². The highest BCUT2D eigenvalue weighted by molar-refractivity contribution is 6.05. The fourth-order valence-electron chi connectivity index (χ4n) is 3.94. The van der Waals surface area contributed by atoms with Gasteiger partial charge in [0.2, 0.25) is 5.91 Å².